The molecular weight excluding hydrogens is 220 g/mol. The van der Waals surface area contributed by atoms with Gasteiger partial charge >= 0.3 is 5.97 Å². The van der Waals surface area contributed by atoms with Crippen LogP contribution in [0.25, 0.3) is 0 Å². The van der Waals surface area contributed by atoms with Gasteiger partial charge in [-0.2, -0.15) is 0 Å². The van der Waals surface area contributed by atoms with Crippen LogP contribution >= 0.6 is 0 Å². The van der Waals surface area contributed by atoms with Gasteiger partial charge in [-0.05, 0) is 13.0 Å². The summed E-state index contributed by atoms with van der Waals surface area (Å²) in [6, 6.07) is 0. The van der Waals surface area contributed by atoms with E-state index in [1.54, 1.807) is 6.08 Å². The first-order chi connectivity index (χ1) is 7.24. The van der Waals surface area contributed by atoms with Crippen molar-refractivity contribution in [1.82, 2.24) is 0 Å². The summed E-state index contributed by atoms with van der Waals surface area (Å²) in [7, 11) is -0.109. The summed E-state index contributed by atoms with van der Waals surface area (Å²) in [6.07, 6.45) is 1.78. The van der Waals surface area contributed by atoms with Gasteiger partial charge in [-0.25, -0.2) is 0 Å². The van der Waals surface area contributed by atoms with Crippen molar-refractivity contribution in [1.29, 1.82) is 0 Å². The molecule has 1 fully saturated rings. The fourth-order valence-electron chi connectivity index (χ4n) is 2.96. The quantitative estimate of drug-likeness (QED) is 0.544. The van der Waals surface area contributed by atoms with E-state index in [9.17, 15) is 9.59 Å². The summed E-state index contributed by atoms with van der Waals surface area (Å²) < 4.78 is 4.82. The molecule has 0 saturated heterocycles. The molecule has 0 unspecified atom stereocenters. The number of esters is 1. The van der Waals surface area contributed by atoms with Crippen molar-refractivity contribution in [2.24, 2.45) is 17.3 Å². The van der Waals surface area contributed by atoms with E-state index in [0.29, 0.717) is 0 Å². The predicted molar refractivity (Wildman–Crippen MR) is 63.5 cm³/mol. The minimum atomic E-state index is -1.50. The molecule has 0 aromatic carbocycles. The number of ether oxygens (including phenoxy) is 1. The summed E-state index contributed by atoms with van der Waals surface area (Å²) in [5.41, 5.74) is -0.573. The number of carbonyl (C=O) groups excluding carboxylic acids is 2. The lowest BCUT2D eigenvalue weighted by atomic mass is 10.0. The third kappa shape index (κ3) is 1.25. The molecule has 3 atom stereocenters. The highest BCUT2D eigenvalue weighted by atomic mass is 28.3. The molecule has 0 heterocycles. The molecule has 88 valence electrons. The van der Waals surface area contributed by atoms with Crippen LogP contribution in [0.5, 0.6) is 0 Å². The molecular formula is C12H18O3Si. The number of hydrogen-bond donors (Lipinski definition) is 0. The third-order valence-corrected chi connectivity index (χ3v) is 6.13. The van der Waals surface area contributed by atoms with Crippen LogP contribution in [0.4, 0.5) is 0 Å². The zero-order chi connectivity index (χ0) is 12.3. The lowest BCUT2D eigenvalue weighted by Gasteiger charge is -2.22. The Kier molecular flexibility index (Phi) is 2.22. The van der Waals surface area contributed by atoms with Gasteiger partial charge in [0.25, 0.3) is 0 Å². The zero-order valence-electron chi connectivity index (χ0n) is 10.5. The van der Waals surface area contributed by atoms with Crippen molar-refractivity contribution in [2.75, 3.05) is 7.11 Å². The Hall–Kier alpha value is -0.903. The lowest BCUT2D eigenvalue weighted by Crippen LogP contribution is -2.29. The van der Waals surface area contributed by atoms with Crippen LogP contribution in [-0.2, 0) is 14.3 Å². The fraction of sp³-hybridized carbons (Fsp3) is 0.667. The van der Waals surface area contributed by atoms with E-state index >= 15 is 0 Å². The van der Waals surface area contributed by atoms with Crippen molar-refractivity contribution >= 4 is 19.8 Å². The van der Waals surface area contributed by atoms with Gasteiger partial charge in [0.15, 0.2) is 5.78 Å². The van der Waals surface area contributed by atoms with Gasteiger partial charge < -0.3 is 4.74 Å². The molecule has 0 aromatic heterocycles. The van der Waals surface area contributed by atoms with Crippen LogP contribution in [0.3, 0.4) is 0 Å². The van der Waals surface area contributed by atoms with E-state index in [0.717, 1.165) is 0 Å². The molecule has 0 amide bonds. The van der Waals surface area contributed by atoms with Gasteiger partial charge in [0, 0.05) is 11.8 Å². The Bertz CT molecular complexity index is 405. The molecule has 16 heavy (non-hydrogen) atoms. The molecule has 0 bridgehead atoms. The highest BCUT2D eigenvalue weighted by molar-refractivity contribution is 6.83. The summed E-state index contributed by atoms with van der Waals surface area (Å²) in [4.78, 5) is 23.6. The Morgan fingerprint density at radius 2 is 1.94 bits per heavy atom. The Balaban J connectivity index is 2.35. The Labute approximate surface area is 96.9 Å². The van der Waals surface area contributed by atoms with Crippen molar-refractivity contribution in [3.05, 3.63) is 11.3 Å². The number of rotatable bonds is 2. The largest absolute Gasteiger partial charge is 0.469 e. The first-order valence-corrected chi connectivity index (χ1v) is 9.09. The number of fused-ring (bicyclic) bond motifs is 1. The molecule has 0 spiro atoms. The molecule has 4 heteroatoms. The van der Waals surface area contributed by atoms with Gasteiger partial charge in [-0.15, -0.1) is 0 Å². The van der Waals surface area contributed by atoms with Gasteiger partial charge in [0.05, 0.1) is 20.6 Å². The maximum Gasteiger partial charge on any atom is 0.312 e. The fourth-order valence-corrected chi connectivity index (χ4v) is 4.94. The predicted octanol–water partition coefficient (Wildman–Crippen LogP) is 1.80. The number of hydrogen-bond acceptors (Lipinski definition) is 3. The normalized spacial score (nSPS) is 36.8. The maximum atomic E-state index is 11.8. The van der Waals surface area contributed by atoms with Crippen LogP contribution in [0.2, 0.25) is 19.6 Å². The molecule has 3 nitrogen and oxygen atoms in total. The van der Waals surface area contributed by atoms with Crippen molar-refractivity contribution in [3.8, 4) is 0 Å². The second-order valence-corrected chi connectivity index (χ2v) is 11.1. The van der Waals surface area contributed by atoms with Gasteiger partial charge in [-0.1, -0.05) is 24.8 Å². The zero-order valence-corrected chi connectivity index (χ0v) is 11.5. The summed E-state index contributed by atoms with van der Waals surface area (Å²) in [6.45, 7) is 8.50. The summed E-state index contributed by atoms with van der Waals surface area (Å²) in [5, 5.41) is 1.23. The minimum absolute atomic E-state index is 0.121. The van der Waals surface area contributed by atoms with Crippen molar-refractivity contribution in [2.45, 2.75) is 26.6 Å². The standard InChI is InChI=1S/C12H18O3Si/c1-12(11(14)15-2)9-7(13)6-8(10(9)12)16(3,4)5/h6,9-10H,1-5H3/t9-,10+,12+/m1/s1. The summed E-state index contributed by atoms with van der Waals surface area (Å²) >= 11 is 0. The van der Waals surface area contributed by atoms with Crippen LogP contribution in [0.1, 0.15) is 6.92 Å². The van der Waals surface area contributed by atoms with E-state index in [1.165, 1.54) is 12.3 Å². The topological polar surface area (TPSA) is 43.4 Å². The Morgan fingerprint density at radius 1 is 1.38 bits per heavy atom. The first kappa shape index (κ1) is 11.6. The van der Waals surface area contributed by atoms with E-state index in [-0.39, 0.29) is 23.6 Å². The van der Waals surface area contributed by atoms with Crippen molar-refractivity contribution < 1.29 is 14.3 Å². The van der Waals surface area contributed by atoms with E-state index in [4.69, 9.17) is 4.74 Å². The first-order valence-electron chi connectivity index (χ1n) is 5.59. The molecule has 1 saturated carbocycles. The van der Waals surface area contributed by atoms with Gasteiger partial charge in [0.1, 0.15) is 0 Å². The maximum absolute atomic E-state index is 11.8. The Morgan fingerprint density at radius 3 is 2.38 bits per heavy atom. The molecule has 0 N–H and O–H groups in total. The second-order valence-electron chi connectivity index (χ2n) is 5.98. The van der Waals surface area contributed by atoms with Crippen LogP contribution in [0, 0.1) is 17.3 Å². The SMILES string of the molecule is COC(=O)[C@@]1(C)[C@@H]2C(=O)C=C([Si](C)(C)C)[C@@H]21. The highest BCUT2D eigenvalue weighted by Gasteiger charge is 2.74. The molecule has 0 aliphatic heterocycles. The van der Waals surface area contributed by atoms with E-state index in [2.05, 4.69) is 19.6 Å². The monoisotopic (exact) mass is 238 g/mol. The van der Waals surface area contributed by atoms with Crippen LogP contribution in [-0.4, -0.2) is 26.9 Å². The average molecular weight is 238 g/mol. The molecule has 0 aromatic rings. The average Bonchev–Trinajstić information content (AvgIpc) is 2.59. The smallest absolute Gasteiger partial charge is 0.312 e. The number of ketones is 1. The number of allylic oxidation sites excluding steroid dienone is 2. The van der Waals surface area contributed by atoms with E-state index in [1.807, 2.05) is 6.92 Å². The van der Waals surface area contributed by atoms with E-state index < -0.39 is 13.5 Å². The second kappa shape index (κ2) is 3.06. The highest BCUT2D eigenvalue weighted by Crippen LogP contribution is 2.67. The van der Waals surface area contributed by atoms with Gasteiger partial charge in [0.2, 0.25) is 0 Å². The third-order valence-electron chi connectivity index (χ3n) is 3.95. The minimum Gasteiger partial charge on any atom is -0.469 e. The molecule has 2 aliphatic rings. The molecule has 2 rings (SSSR count). The molecule has 0 radical (unpaired) electrons. The summed E-state index contributed by atoms with van der Waals surface area (Å²) in [5.74, 6) is -0.129. The van der Waals surface area contributed by atoms with Crippen LogP contribution < -0.4 is 0 Å². The molecule has 2 aliphatic carbocycles. The van der Waals surface area contributed by atoms with Gasteiger partial charge in [-0.3, -0.25) is 9.59 Å². The van der Waals surface area contributed by atoms with Crippen LogP contribution in [0.15, 0.2) is 11.3 Å². The lowest BCUT2D eigenvalue weighted by molar-refractivity contribution is -0.148. The van der Waals surface area contributed by atoms with Crippen molar-refractivity contribution in [3.63, 3.8) is 0 Å². The number of carbonyl (C=O) groups is 2. The number of methoxy groups -OCH3 is 1.